The van der Waals surface area contributed by atoms with E-state index in [0.29, 0.717) is 29.4 Å². The first-order valence-corrected chi connectivity index (χ1v) is 14.5. The van der Waals surface area contributed by atoms with Crippen molar-refractivity contribution in [3.8, 4) is 0 Å². The molecule has 0 spiro atoms. The number of hydrogen-bond acceptors (Lipinski definition) is 4. The second-order valence-corrected chi connectivity index (χ2v) is 12.8. The number of thioether (sulfide) groups is 1. The molecule has 33 heavy (non-hydrogen) atoms. The zero-order chi connectivity index (χ0) is 24.2. The Morgan fingerprint density at radius 1 is 1.21 bits per heavy atom. The van der Waals surface area contributed by atoms with Gasteiger partial charge >= 0.3 is 0 Å². The van der Waals surface area contributed by atoms with Gasteiger partial charge in [0, 0.05) is 11.7 Å². The van der Waals surface area contributed by atoms with Crippen LogP contribution in [0.2, 0.25) is 0 Å². The summed E-state index contributed by atoms with van der Waals surface area (Å²) in [6.07, 6.45) is 14.4. The van der Waals surface area contributed by atoms with Crippen LogP contribution in [0.4, 0.5) is 0 Å². The minimum Gasteiger partial charge on any atom is -0.393 e. The largest absolute Gasteiger partial charge is 0.393 e. The van der Waals surface area contributed by atoms with E-state index in [2.05, 4.69) is 58.2 Å². The Balaban J connectivity index is 1.62. The molecule has 3 nitrogen and oxygen atoms in total. The van der Waals surface area contributed by atoms with Gasteiger partial charge in [-0.05, 0) is 98.4 Å². The second kappa shape index (κ2) is 11.5. The molecular weight excluding hydrogens is 428 g/mol. The normalized spacial score (nSPS) is 36.4. The van der Waals surface area contributed by atoms with Crippen molar-refractivity contribution in [2.45, 2.75) is 121 Å². The topological polar surface area (TPSA) is 60.7 Å². The summed E-state index contributed by atoms with van der Waals surface area (Å²) in [7, 11) is 0. The van der Waals surface area contributed by atoms with Crippen LogP contribution in [0.5, 0.6) is 0 Å². The Bertz CT molecular complexity index is 737. The number of rotatable bonds is 9. The highest BCUT2D eigenvalue weighted by atomic mass is 32.2. The first-order chi connectivity index (χ1) is 15.6. The fourth-order valence-corrected chi connectivity index (χ4v) is 8.27. The first-order valence-electron chi connectivity index (χ1n) is 13.4. The lowest BCUT2D eigenvalue weighted by Gasteiger charge is -2.44. The van der Waals surface area contributed by atoms with Gasteiger partial charge in [0.15, 0.2) is 0 Å². The molecule has 0 saturated heterocycles. The molecule has 0 unspecified atom stereocenters. The standard InChI is InChI=1S/C29H48O3S/c1-6-29(32,7-2)16-9-17-33-21(4)25-13-14-26-22(10-8-15-28(25,26)5)11-12-23-18-24(30)19-27(31)20(23)3/h11-12,21,24-27,30-32H,3,6-10,13-19H2,1-2,4-5H3/b22-11+,23-12+/t21-,24-,25-,26+,27+,28-/m1/s1. The van der Waals surface area contributed by atoms with Crippen LogP contribution in [0.25, 0.3) is 0 Å². The van der Waals surface area contributed by atoms with Crippen LogP contribution in [-0.2, 0) is 0 Å². The van der Waals surface area contributed by atoms with E-state index in [9.17, 15) is 15.3 Å². The summed E-state index contributed by atoms with van der Waals surface area (Å²) in [5.74, 6) is 2.53. The third kappa shape index (κ3) is 6.18. The molecule has 0 bridgehead atoms. The maximum atomic E-state index is 10.6. The highest BCUT2D eigenvalue weighted by Gasteiger charge is 2.50. The minimum atomic E-state index is -0.616. The second-order valence-electron chi connectivity index (χ2n) is 11.3. The van der Waals surface area contributed by atoms with Gasteiger partial charge in [0.1, 0.15) is 0 Å². The summed E-state index contributed by atoms with van der Waals surface area (Å²) >= 11 is 2.12. The molecule has 0 aromatic rings. The lowest BCUT2D eigenvalue weighted by atomic mass is 9.63. The van der Waals surface area contributed by atoms with Crippen LogP contribution in [0.3, 0.4) is 0 Å². The molecule has 4 heteroatoms. The molecule has 3 saturated carbocycles. The van der Waals surface area contributed by atoms with Crippen LogP contribution < -0.4 is 0 Å². The lowest BCUT2D eigenvalue weighted by molar-refractivity contribution is 0.0232. The number of aliphatic hydroxyl groups excluding tert-OH is 2. The van der Waals surface area contributed by atoms with Crippen molar-refractivity contribution in [2.24, 2.45) is 17.3 Å². The van der Waals surface area contributed by atoms with E-state index in [1.54, 1.807) is 5.57 Å². The van der Waals surface area contributed by atoms with E-state index in [1.807, 2.05) is 0 Å². The molecule has 0 aromatic heterocycles. The van der Waals surface area contributed by atoms with Crippen LogP contribution in [-0.4, -0.2) is 44.1 Å². The average molecular weight is 477 g/mol. The Hall–Kier alpha value is -0.550. The summed E-state index contributed by atoms with van der Waals surface area (Å²) < 4.78 is 0. The van der Waals surface area contributed by atoms with Gasteiger partial charge in [-0.3, -0.25) is 0 Å². The van der Waals surface area contributed by atoms with Gasteiger partial charge in [0.25, 0.3) is 0 Å². The summed E-state index contributed by atoms with van der Waals surface area (Å²) in [5, 5.41) is 31.5. The van der Waals surface area contributed by atoms with E-state index >= 15 is 0 Å². The molecule has 3 aliphatic carbocycles. The fraction of sp³-hybridized carbons (Fsp3) is 0.793. The highest BCUT2D eigenvalue weighted by molar-refractivity contribution is 7.99. The Labute approximate surface area is 206 Å². The summed E-state index contributed by atoms with van der Waals surface area (Å²) in [6, 6.07) is 0. The zero-order valence-electron chi connectivity index (χ0n) is 21.5. The van der Waals surface area contributed by atoms with Crippen molar-refractivity contribution in [1.29, 1.82) is 0 Å². The SMILES string of the molecule is C=C1/C(=C/C=C2\CCC[C@]3(C)[C@@H]([C@@H](C)SCCCC(O)(CC)CC)CC[C@@H]23)C[C@@H](O)C[C@@H]1O. The molecule has 0 radical (unpaired) electrons. The van der Waals surface area contributed by atoms with Gasteiger partial charge in [-0.15, -0.1) is 0 Å². The molecule has 0 aromatic carbocycles. The monoisotopic (exact) mass is 476 g/mol. The molecule has 3 rings (SSSR count). The first kappa shape index (κ1) is 27.0. The lowest BCUT2D eigenvalue weighted by Crippen LogP contribution is -2.37. The fourth-order valence-electron chi connectivity index (χ4n) is 6.91. The molecule has 0 heterocycles. The smallest absolute Gasteiger partial charge is 0.0811 e. The van der Waals surface area contributed by atoms with Crippen molar-refractivity contribution < 1.29 is 15.3 Å². The van der Waals surface area contributed by atoms with Crippen molar-refractivity contribution in [1.82, 2.24) is 0 Å². The van der Waals surface area contributed by atoms with E-state index in [0.717, 1.165) is 48.5 Å². The quantitative estimate of drug-likeness (QED) is 0.329. The number of aliphatic hydroxyl groups is 3. The predicted octanol–water partition coefficient (Wildman–Crippen LogP) is 6.58. The average Bonchev–Trinajstić information content (AvgIpc) is 3.15. The molecule has 6 atom stereocenters. The molecule has 0 amide bonds. The van der Waals surface area contributed by atoms with Crippen molar-refractivity contribution >= 4 is 11.8 Å². The van der Waals surface area contributed by atoms with E-state index in [-0.39, 0.29) is 0 Å². The predicted molar refractivity (Wildman–Crippen MR) is 141 cm³/mol. The van der Waals surface area contributed by atoms with Crippen LogP contribution >= 0.6 is 11.8 Å². The van der Waals surface area contributed by atoms with E-state index < -0.39 is 17.8 Å². The number of hydrogen-bond donors (Lipinski definition) is 3. The molecule has 3 aliphatic rings. The highest BCUT2D eigenvalue weighted by Crippen LogP contribution is 2.59. The maximum Gasteiger partial charge on any atom is 0.0811 e. The third-order valence-electron chi connectivity index (χ3n) is 9.35. The zero-order valence-corrected chi connectivity index (χ0v) is 22.3. The Morgan fingerprint density at radius 3 is 2.64 bits per heavy atom. The van der Waals surface area contributed by atoms with Crippen LogP contribution in [0, 0.1) is 17.3 Å². The van der Waals surface area contributed by atoms with Gasteiger partial charge in [-0.1, -0.05) is 52.0 Å². The van der Waals surface area contributed by atoms with E-state index in [1.165, 1.54) is 32.1 Å². The Morgan fingerprint density at radius 2 is 1.94 bits per heavy atom. The van der Waals surface area contributed by atoms with Gasteiger partial charge < -0.3 is 15.3 Å². The molecular formula is C29H48O3S. The molecule has 188 valence electrons. The van der Waals surface area contributed by atoms with Crippen LogP contribution in [0.15, 0.2) is 35.5 Å². The molecule has 3 fully saturated rings. The van der Waals surface area contributed by atoms with Gasteiger partial charge in [-0.2, -0.15) is 11.8 Å². The van der Waals surface area contributed by atoms with Crippen molar-refractivity contribution in [3.63, 3.8) is 0 Å². The summed E-state index contributed by atoms with van der Waals surface area (Å²) in [6.45, 7) is 13.2. The summed E-state index contributed by atoms with van der Waals surface area (Å²) in [5.41, 5.74) is 3.25. The minimum absolute atomic E-state index is 0.366. The number of allylic oxidation sites excluding steroid dienone is 3. The van der Waals surface area contributed by atoms with Crippen LogP contribution in [0.1, 0.15) is 98.3 Å². The van der Waals surface area contributed by atoms with Gasteiger partial charge in [0.05, 0.1) is 17.8 Å². The molecule has 0 aliphatic heterocycles. The number of fused-ring (bicyclic) bond motifs is 1. The maximum absolute atomic E-state index is 10.6. The Kier molecular flexibility index (Phi) is 9.39. The van der Waals surface area contributed by atoms with E-state index in [4.69, 9.17) is 0 Å². The van der Waals surface area contributed by atoms with Crippen molar-refractivity contribution in [2.75, 3.05) is 5.75 Å². The van der Waals surface area contributed by atoms with Gasteiger partial charge in [-0.25, -0.2) is 0 Å². The summed E-state index contributed by atoms with van der Waals surface area (Å²) in [4.78, 5) is 0. The molecule has 3 N–H and O–H groups in total. The third-order valence-corrected chi connectivity index (χ3v) is 10.7. The van der Waals surface area contributed by atoms with Crippen molar-refractivity contribution in [3.05, 3.63) is 35.5 Å². The van der Waals surface area contributed by atoms with Gasteiger partial charge in [0.2, 0.25) is 0 Å².